The maximum absolute atomic E-state index is 13.3. The first-order chi connectivity index (χ1) is 14.6. The lowest BCUT2D eigenvalue weighted by atomic mass is 9.96. The SMILES string of the molecule is CC1=C(C(=O)Nc2ccc(Cl)cc2)C(c2ccncc2)n2nc(CCCO)nc2N1. The van der Waals surface area contributed by atoms with Crippen LogP contribution in [0.25, 0.3) is 0 Å². The van der Waals surface area contributed by atoms with Crippen LogP contribution in [0.15, 0.2) is 60.1 Å². The Morgan fingerprint density at radius 1 is 1.23 bits per heavy atom. The first-order valence-corrected chi connectivity index (χ1v) is 9.95. The molecule has 0 aliphatic carbocycles. The summed E-state index contributed by atoms with van der Waals surface area (Å²) in [5.74, 6) is 0.922. The Morgan fingerprint density at radius 3 is 2.67 bits per heavy atom. The summed E-state index contributed by atoms with van der Waals surface area (Å²) in [5.41, 5.74) is 2.73. The fraction of sp³-hybridized carbons (Fsp3) is 0.238. The summed E-state index contributed by atoms with van der Waals surface area (Å²) in [4.78, 5) is 21.9. The van der Waals surface area contributed by atoms with Crippen molar-refractivity contribution in [2.45, 2.75) is 25.8 Å². The highest BCUT2D eigenvalue weighted by molar-refractivity contribution is 6.30. The standard InChI is InChI=1S/C21H21ClN6O2/c1-13-18(20(30)25-16-6-4-15(22)5-7-16)19(14-8-10-23-11-9-14)28-21(24-13)26-17(27-28)3-2-12-29/h4-11,19,29H,2-3,12H2,1H3,(H,25,30)(H,24,26,27). The van der Waals surface area contributed by atoms with Crippen LogP contribution in [0, 0.1) is 0 Å². The zero-order valence-electron chi connectivity index (χ0n) is 16.3. The van der Waals surface area contributed by atoms with Crippen molar-refractivity contribution >= 4 is 29.1 Å². The molecular weight excluding hydrogens is 404 g/mol. The molecule has 3 N–H and O–H groups in total. The monoisotopic (exact) mass is 424 g/mol. The molecule has 30 heavy (non-hydrogen) atoms. The number of aliphatic hydroxyl groups excluding tert-OH is 1. The predicted molar refractivity (Wildman–Crippen MR) is 114 cm³/mol. The van der Waals surface area contributed by atoms with Gasteiger partial charge in [-0.15, -0.1) is 0 Å². The third kappa shape index (κ3) is 4.05. The number of anilines is 2. The Kier molecular flexibility index (Phi) is 5.78. The first kappa shape index (κ1) is 20.1. The number of carbonyl (C=O) groups is 1. The van der Waals surface area contributed by atoms with Gasteiger partial charge in [-0.1, -0.05) is 11.6 Å². The van der Waals surface area contributed by atoms with Crippen LogP contribution in [0.1, 0.15) is 30.8 Å². The molecule has 1 amide bonds. The molecule has 1 unspecified atom stereocenters. The largest absolute Gasteiger partial charge is 0.396 e. The number of rotatable bonds is 6. The van der Waals surface area contributed by atoms with Gasteiger partial charge in [-0.25, -0.2) is 4.68 Å². The second kappa shape index (κ2) is 8.64. The second-order valence-corrected chi connectivity index (χ2v) is 7.37. The number of benzene rings is 1. The average molecular weight is 425 g/mol. The van der Waals surface area contributed by atoms with Gasteiger partial charge in [0.2, 0.25) is 5.95 Å². The van der Waals surface area contributed by atoms with Crippen molar-refractivity contribution in [2.75, 3.05) is 17.2 Å². The molecule has 0 fully saturated rings. The lowest BCUT2D eigenvalue weighted by molar-refractivity contribution is -0.113. The Hall–Kier alpha value is -3.23. The van der Waals surface area contributed by atoms with Gasteiger partial charge in [0.15, 0.2) is 5.82 Å². The summed E-state index contributed by atoms with van der Waals surface area (Å²) >= 11 is 5.95. The van der Waals surface area contributed by atoms with Crippen molar-refractivity contribution in [3.05, 3.63) is 76.5 Å². The van der Waals surface area contributed by atoms with E-state index in [1.165, 1.54) is 0 Å². The van der Waals surface area contributed by atoms with E-state index in [0.29, 0.717) is 46.6 Å². The molecule has 3 heterocycles. The van der Waals surface area contributed by atoms with Crippen LogP contribution in [-0.2, 0) is 11.2 Å². The van der Waals surface area contributed by atoms with Crippen LogP contribution in [0.2, 0.25) is 5.02 Å². The van der Waals surface area contributed by atoms with Gasteiger partial charge >= 0.3 is 0 Å². The highest BCUT2D eigenvalue weighted by Crippen LogP contribution is 2.35. The van der Waals surface area contributed by atoms with Crippen LogP contribution in [0.3, 0.4) is 0 Å². The molecular formula is C21H21ClN6O2. The van der Waals surface area contributed by atoms with E-state index in [0.717, 1.165) is 5.56 Å². The summed E-state index contributed by atoms with van der Waals surface area (Å²) in [5, 5.41) is 20.5. The van der Waals surface area contributed by atoms with Gasteiger partial charge in [-0.05, 0) is 55.3 Å². The molecule has 3 aromatic rings. The van der Waals surface area contributed by atoms with E-state index in [4.69, 9.17) is 16.7 Å². The van der Waals surface area contributed by atoms with E-state index in [1.807, 2.05) is 19.1 Å². The molecule has 0 spiro atoms. The van der Waals surface area contributed by atoms with Crippen LogP contribution >= 0.6 is 11.6 Å². The number of nitrogens with zero attached hydrogens (tertiary/aromatic N) is 4. The molecule has 4 rings (SSSR count). The van der Waals surface area contributed by atoms with Crippen LogP contribution in [0.5, 0.6) is 0 Å². The topological polar surface area (TPSA) is 105 Å². The molecule has 0 saturated heterocycles. The van der Waals surface area contributed by atoms with Crippen molar-refractivity contribution in [3.8, 4) is 0 Å². The van der Waals surface area contributed by atoms with E-state index in [2.05, 4.69) is 25.7 Å². The first-order valence-electron chi connectivity index (χ1n) is 9.57. The fourth-order valence-corrected chi connectivity index (χ4v) is 3.54. The van der Waals surface area contributed by atoms with Crippen molar-refractivity contribution in [1.29, 1.82) is 0 Å². The number of carbonyl (C=O) groups excluding carboxylic acids is 1. The molecule has 1 aliphatic rings. The Morgan fingerprint density at radius 2 is 1.97 bits per heavy atom. The maximum atomic E-state index is 13.3. The summed E-state index contributed by atoms with van der Waals surface area (Å²) in [6.07, 6.45) is 4.49. The summed E-state index contributed by atoms with van der Waals surface area (Å²) in [7, 11) is 0. The van der Waals surface area contributed by atoms with Crippen molar-refractivity contribution < 1.29 is 9.90 Å². The minimum atomic E-state index is -0.466. The molecule has 2 aromatic heterocycles. The predicted octanol–water partition coefficient (Wildman–Crippen LogP) is 3.18. The Labute approximate surface area is 178 Å². The quantitative estimate of drug-likeness (QED) is 0.561. The van der Waals surface area contributed by atoms with Crippen LogP contribution < -0.4 is 10.6 Å². The van der Waals surface area contributed by atoms with Gasteiger partial charge in [0.25, 0.3) is 5.91 Å². The molecule has 1 aromatic carbocycles. The number of aryl methyl sites for hydroxylation is 1. The van der Waals surface area contributed by atoms with Gasteiger partial charge in [0.1, 0.15) is 6.04 Å². The lowest BCUT2D eigenvalue weighted by Gasteiger charge is -2.28. The van der Waals surface area contributed by atoms with Gasteiger partial charge in [-0.3, -0.25) is 9.78 Å². The molecule has 9 heteroatoms. The van der Waals surface area contributed by atoms with Crippen molar-refractivity contribution in [2.24, 2.45) is 0 Å². The summed E-state index contributed by atoms with van der Waals surface area (Å²) < 4.78 is 1.71. The highest BCUT2D eigenvalue weighted by atomic mass is 35.5. The van der Waals surface area contributed by atoms with Crippen LogP contribution in [0.4, 0.5) is 11.6 Å². The number of fused-ring (bicyclic) bond motifs is 1. The average Bonchev–Trinajstić information content (AvgIpc) is 3.15. The number of hydrogen-bond acceptors (Lipinski definition) is 6. The number of nitrogens with one attached hydrogen (secondary N) is 2. The number of aromatic nitrogens is 4. The van der Waals surface area contributed by atoms with Crippen LogP contribution in [-0.4, -0.2) is 37.4 Å². The number of pyridine rings is 1. The zero-order chi connectivity index (χ0) is 21.1. The molecule has 154 valence electrons. The van der Waals surface area contributed by atoms with Crippen molar-refractivity contribution in [1.82, 2.24) is 19.7 Å². The summed E-state index contributed by atoms with van der Waals surface area (Å²) in [6.45, 7) is 1.91. The van der Waals surface area contributed by atoms with E-state index in [9.17, 15) is 4.79 Å². The Bertz CT molecular complexity index is 1080. The molecule has 0 radical (unpaired) electrons. The number of allylic oxidation sites excluding steroid dienone is 1. The third-order valence-electron chi connectivity index (χ3n) is 4.82. The highest BCUT2D eigenvalue weighted by Gasteiger charge is 2.34. The number of halogens is 1. The zero-order valence-corrected chi connectivity index (χ0v) is 17.1. The summed E-state index contributed by atoms with van der Waals surface area (Å²) in [6, 6.07) is 10.2. The normalized spacial score (nSPS) is 15.5. The molecule has 0 bridgehead atoms. The van der Waals surface area contributed by atoms with Gasteiger partial charge < -0.3 is 15.7 Å². The molecule has 0 saturated carbocycles. The molecule has 8 nitrogen and oxygen atoms in total. The third-order valence-corrected chi connectivity index (χ3v) is 5.08. The number of aliphatic hydroxyl groups is 1. The smallest absolute Gasteiger partial charge is 0.255 e. The molecule has 1 aliphatic heterocycles. The van der Waals surface area contributed by atoms with E-state index < -0.39 is 6.04 Å². The van der Waals surface area contributed by atoms with E-state index >= 15 is 0 Å². The van der Waals surface area contributed by atoms with Gasteiger partial charge in [0.05, 0.1) is 5.57 Å². The van der Waals surface area contributed by atoms with Gasteiger partial charge in [0, 0.05) is 41.8 Å². The minimum Gasteiger partial charge on any atom is -0.396 e. The Balaban J connectivity index is 1.73. The van der Waals surface area contributed by atoms with E-state index in [1.54, 1.807) is 41.3 Å². The maximum Gasteiger partial charge on any atom is 0.255 e. The van der Waals surface area contributed by atoms with Gasteiger partial charge in [-0.2, -0.15) is 10.1 Å². The van der Waals surface area contributed by atoms with Crippen molar-refractivity contribution in [3.63, 3.8) is 0 Å². The van der Waals surface area contributed by atoms with E-state index in [-0.39, 0.29) is 12.5 Å². The fourth-order valence-electron chi connectivity index (χ4n) is 3.42. The number of amides is 1. The molecule has 1 atom stereocenters. The number of hydrogen-bond donors (Lipinski definition) is 3. The lowest BCUT2D eigenvalue weighted by Crippen LogP contribution is -2.31. The minimum absolute atomic E-state index is 0.0666. The second-order valence-electron chi connectivity index (χ2n) is 6.93.